The van der Waals surface area contributed by atoms with Crippen LogP contribution in [0.5, 0.6) is 0 Å². The van der Waals surface area contributed by atoms with Gasteiger partial charge in [-0.1, -0.05) is 18.5 Å². The van der Waals surface area contributed by atoms with Crippen molar-refractivity contribution in [3.63, 3.8) is 0 Å². The molecular formula is C15H21ClN2O3S. The largest absolute Gasteiger partial charge is 0.450 e. The minimum atomic E-state index is -0.695. The van der Waals surface area contributed by atoms with Gasteiger partial charge in [-0.25, -0.2) is 4.79 Å². The Kier molecular flexibility index (Phi) is 8.96. The fourth-order valence-corrected chi connectivity index (χ4v) is 2.74. The van der Waals surface area contributed by atoms with Crippen LogP contribution in [0.25, 0.3) is 0 Å². The molecule has 0 fully saturated rings. The molecule has 1 aromatic carbocycles. The number of halogens is 1. The zero-order valence-corrected chi connectivity index (χ0v) is 14.4. The van der Waals surface area contributed by atoms with Crippen LogP contribution >= 0.6 is 23.4 Å². The molecule has 7 heteroatoms. The predicted octanol–water partition coefficient (Wildman–Crippen LogP) is 3.03. The Labute approximate surface area is 140 Å². The summed E-state index contributed by atoms with van der Waals surface area (Å²) in [6, 6.07) is 7.65. The van der Waals surface area contributed by atoms with E-state index in [9.17, 15) is 9.59 Å². The van der Waals surface area contributed by atoms with Crippen molar-refractivity contribution in [3.05, 3.63) is 29.3 Å². The second-order valence-electron chi connectivity index (χ2n) is 4.44. The number of benzene rings is 1. The van der Waals surface area contributed by atoms with Gasteiger partial charge < -0.3 is 4.74 Å². The van der Waals surface area contributed by atoms with E-state index in [1.54, 1.807) is 18.7 Å². The SMILES string of the molecule is CCOC(=O)NC(=O)CN(CC)CCSc1ccc(Cl)cc1. The highest BCUT2D eigenvalue weighted by Crippen LogP contribution is 2.20. The first kappa shape index (κ1) is 18.8. The van der Waals surface area contributed by atoms with E-state index in [0.29, 0.717) is 0 Å². The summed E-state index contributed by atoms with van der Waals surface area (Å²) in [5, 5.41) is 2.91. The van der Waals surface area contributed by atoms with Crippen LogP contribution in [0.2, 0.25) is 5.02 Å². The van der Waals surface area contributed by atoms with Gasteiger partial charge in [-0.15, -0.1) is 11.8 Å². The maximum atomic E-state index is 11.7. The monoisotopic (exact) mass is 344 g/mol. The van der Waals surface area contributed by atoms with E-state index in [-0.39, 0.29) is 19.1 Å². The third-order valence-electron chi connectivity index (χ3n) is 2.82. The molecule has 0 aliphatic rings. The van der Waals surface area contributed by atoms with Crippen LogP contribution < -0.4 is 5.32 Å². The highest BCUT2D eigenvalue weighted by Gasteiger charge is 2.12. The van der Waals surface area contributed by atoms with Crippen molar-refractivity contribution < 1.29 is 14.3 Å². The summed E-state index contributed by atoms with van der Waals surface area (Å²) >= 11 is 7.54. The Morgan fingerprint density at radius 1 is 1.27 bits per heavy atom. The molecule has 22 heavy (non-hydrogen) atoms. The number of likely N-dealkylation sites (N-methyl/N-ethyl adjacent to an activating group) is 1. The molecule has 0 atom stereocenters. The molecule has 0 aliphatic carbocycles. The molecule has 0 aromatic heterocycles. The molecule has 0 unspecified atom stereocenters. The smallest absolute Gasteiger partial charge is 0.413 e. The lowest BCUT2D eigenvalue weighted by molar-refractivity contribution is -0.121. The van der Waals surface area contributed by atoms with E-state index < -0.39 is 6.09 Å². The number of thioether (sulfide) groups is 1. The normalized spacial score (nSPS) is 10.5. The third-order valence-corrected chi connectivity index (χ3v) is 4.07. The van der Waals surface area contributed by atoms with E-state index in [0.717, 1.165) is 28.8 Å². The van der Waals surface area contributed by atoms with Crippen molar-refractivity contribution in [2.75, 3.05) is 32.0 Å². The van der Waals surface area contributed by atoms with Gasteiger partial charge in [-0.3, -0.25) is 15.0 Å². The van der Waals surface area contributed by atoms with Crippen molar-refractivity contribution in [2.24, 2.45) is 0 Å². The van der Waals surface area contributed by atoms with E-state index in [2.05, 4.69) is 10.1 Å². The Morgan fingerprint density at radius 2 is 1.95 bits per heavy atom. The van der Waals surface area contributed by atoms with Gasteiger partial charge in [0.2, 0.25) is 5.91 Å². The van der Waals surface area contributed by atoms with E-state index in [1.807, 2.05) is 36.1 Å². The number of alkyl carbamates (subject to hydrolysis) is 1. The summed E-state index contributed by atoms with van der Waals surface area (Å²) in [5.74, 6) is 0.499. The van der Waals surface area contributed by atoms with Crippen molar-refractivity contribution >= 4 is 35.4 Å². The first-order chi connectivity index (χ1) is 10.5. The second-order valence-corrected chi connectivity index (χ2v) is 6.04. The summed E-state index contributed by atoms with van der Waals surface area (Å²) in [6.45, 7) is 5.57. The highest BCUT2D eigenvalue weighted by atomic mass is 35.5. The zero-order valence-electron chi connectivity index (χ0n) is 12.8. The van der Waals surface area contributed by atoms with Crippen LogP contribution in [-0.4, -0.2) is 48.9 Å². The Hall–Kier alpha value is -1.24. The molecule has 1 rings (SSSR count). The van der Waals surface area contributed by atoms with Crippen molar-refractivity contribution in [1.29, 1.82) is 0 Å². The molecule has 1 aromatic rings. The fraction of sp³-hybridized carbons (Fsp3) is 0.467. The standard InChI is InChI=1S/C15H21ClN2O3S/c1-3-18(11-14(19)17-15(20)21-4-2)9-10-22-13-7-5-12(16)6-8-13/h5-8H,3-4,9-11H2,1-2H3,(H,17,19,20). The van der Waals surface area contributed by atoms with Gasteiger partial charge in [0.15, 0.2) is 0 Å². The van der Waals surface area contributed by atoms with Gasteiger partial charge in [0.05, 0.1) is 13.2 Å². The lowest BCUT2D eigenvalue weighted by Crippen LogP contribution is -2.41. The van der Waals surface area contributed by atoms with Crippen molar-refractivity contribution in [1.82, 2.24) is 10.2 Å². The average molecular weight is 345 g/mol. The van der Waals surface area contributed by atoms with E-state index >= 15 is 0 Å². The number of imide groups is 1. The van der Waals surface area contributed by atoms with E-state index in [4.69, 9.17) is 11.6 Å². The summed E-state index contributed by atoms with van der Waals surface area (Å²) in [4.78, 5) is 26.0. The number of hydrogen-bond donors (Lipinski definition) is 1. The number of hydrogen-bond acceptors (Lipinski definition) is 5. The Bertz CT molecular complexity index is 482. The molecule has 0 spiro atoms. The molecule has 0 heterocycles. The Morgan fingerprint density at radius 3 is 2.55 bits per heavy atom. The molecular weight excluding hydrogens is 324 g/mol. The molecule has 0 bridgehead atoms. The van der Waals surface area contributed by atoms with Crippen molar-refractivity contribution in [3.8, 4) is 0 Å². The molecule has 0 saturated heterocycles. The van der Waals surface area contributed by atoms with Crippen LogP contribution in [0.4, 0.5) is 4.79 Å². The number of nitrogens with zero attached hydrogens (tertiary/aromatic N) is 1. The van der Waals surface area contributed by atoms with Gasteiger partial charge in [-0.05, 0) is 37.7 Å². The summed E-state index contributed by atoms with van der Waals surface area (Å²) in [5.41, 5.74) is 0. The summed E-state index contributed by atoms with van der Waals surface area (Å²) in [7, 11) is 0. The minimum Gasteiger partial charge on any atom is -0.450 e. The molecule has 0 saturated carbocycles. The maximum absolute atomic E-state index is 11.7. The number of nitrogens with one attached hydrogen (secondary N) is 1. The fourth-order valence-electron chi connectivity index (χ4n) is 1.70. The zero-order chi connectivity index (χ0) is 16.4. The number of ether oxygens (including phenoxy) is 1. The minimum absolute atomic E-state index is 0.177. The van der Waals surface area contributed by atoms with Gasteiger partial charge in [-0.2, -0.15) is 0 Å². The highest BCUT2D eigenvalue weighted by molar-refractivity contribution is 7.99. The topological polar surface area (TPSA) is 58.6 Å². The quantitative estimate of drug-likeness (QED) is 0.734. The van der Waals surface area contributed by atoms with Gasteiger partial charge in [0.1, 0.15) is 0 Å². The second kappa shape index (κ2) is 10.5. The lowest BCUT2D eigenvalue weighted by atomic mass is 10.4. The number of carbonyl (C=O) groups is 2. The number of rotatable bonds is 8. The molecule has 1 N–H and O–H groups in total. The third kappa shape index (κ3) is 7.68. The maximum Gasteiger partial charge on any atom is 0.413 e. The first-order valence-corrected chi connectivity index (χ1v) is 8.48. The molecule has 122 valence electrons. The Balaban J connectivity index is 2.30. The number of amides is 2. The summed E-state index contributed by atoms with van der Waals surface area (Å²) < 4.78 is 4.67. The molecule has 0 radical (unpaired) electrons. The first-order valence-electron chi connectivity index (χ1n) is 7.12. The lowest BCUT2D eigenvalue weighted by Gasteiger charge is -2.19. The molecule has 0 aliphatic heterocycles. The van der Waals surface area contributed by atoms with Gasteiger partial charge in [0, 0.05) is 22.2 Å². The molecule has 2 amide bonds. The van der Waals surface area contributed by atoms with Crippen molar-refractivity contribution in [2.45, 2.75) is 18.7 Å². The van der Waals surface area contributed by atoms with E-state index in [1.165, 1.54) is 0 Å². The van der Waals surface area contributed by atoms with Crippen LogP contribution in [0.3, 0.4) is 0 Å². The predicted molar refractivity (Wildman–Crippen MR) is 89.5 cm³/mol. The van der Waals surface area contributed by atoms with Crippen LogP contribution in [0, 0.1) is 0 Å². The summed E-state index contributed by atoms with van der Waals surface area (Å²) in [6.07, 6.45) is -0.695. The molecule has 5 nitrogen and oxygen atoms in total. The average Bonchev–Trinajstić information content (AvgIpc) is 2.48. The number of carbonyl (C=O) groups excluding carboxylic acids is 2. The van der Waals surface area contributed by atoms with Gasteiger partial charge in [0.25, 0.3) is 0 Å². The van der Waals surface area contributed by atoms with Crippen LogP contribution in [-0.2, 0) is 9.53 Å². The van der Waals surface area contributed by atoms with Crippen LogP contribution in [0.15, 0.2) is 29.2 Å². The van der Waals surface area contributed by atoms with Gasteiger partial charge >= 0.3 is 6.09 Å². The van der Waals surface area contributed by atoms with Crippen LogP contribution in [0.1, 0.15) is 13.8 Å².